The van der Waals surface area contributed by atoms with Crippen LogP contribution in [0.2, 0.25) is 5.02 Å². The van der Waals surface area contributed by atoms with Crippen molar-refractivity contribution in [3.8, 4) is 0 Å². The lowest BCUT2D eigenvalue weighted by Gasteiger charge is -2.28. The maximum Gasteiger partial charge on any atom is 0.328 e. The number of benzene rings is 2. The molecule has 1 unspecified atom stereocenters. The minimum Gasteiger partial charge on any atom is -0.454 e. The molecule has 2 amide bonds. The molecule has 1 fully saturated rings. The lowest BCUT2D eigenvalue weighted by Crippen LogP contribution is -2.44. The fourth-order valence-corrected chi connectivity index (χ4v) is 5.49. The molecule has 1 saturated heterocycles. The van der Waals surface area contributed by atoms with Crippen LogP contribution in [-0.2, 0) is 30.7 Å². The van der Waals surface area contributed by atoms with Crippen LogP contribution in [0.15, 0.2) is 54.6 Å². The van der Waals surface area contributed by atoms with Crippen molar-refractivity contribution in [2.45, 2.75) is 32.0 Å². The lowest BCUT2D eigenvalue weighted by atomic mass is 10.1. The summed E-state index contributed by atoms with van der Waals surface area (Å²) in [6.07, 6.45) is 0.332. The molecule has 176 valence electrons. The largest absolute Gasteiger partial charge is 0.454 e. The first-order valence-corrected chi connectivity index (χ1v) is 12.6. The highest BCUT2D eigenvalue weighted by molar-refractivity contribution is 7.91. The minimum atomic E-state index is -3.21. The first kappa shape index (κ1) is 24.7. The summed E-state index contributed by atoms with van der Waals surface area (Å²) < 4.78 is 29.0. The Hall–Kier alpha value is -2.91. The molecule has 0 bridgehead atoms. The summed E-state index contributed by atoms with van der Waals surface area (Å²) in [5, 5.41) is 2.74. The SMILES string of the molecule is C[C@@H](NC(=O)c1ccccc1Cl)C(=O)OCC(=O)N(Cc1ccccc1)C1CCS(=O)(=O)C1. The molecular formula is C23H25ClN2O6S. The summed E-state index contributed by atoms with van der Waals surface area (Å²) in [5.41, 5.74) is 1.05. The molecule has 2 aromatic carbocycles. The third-order valence-electron chi connectivity index (χ3n) is 5.32. The average molecular weight is 493 g/mol. The standard InChI is InChI=1S/C23H25ClN2O6S/c1-16(25-22(28)19-9-5-6-10-20(19)24)23(29)32-14-21(27)26(13-17-7-3-2-4-8-17)18-11-12-33(30,31)15-18/h2-10,16,18H,11-15H2,1H3,(H,25,28)/t16-,18?/m1/s1. The van der Waals surface area contributed by atoms with Crippen LogP contribution < -0.4 is 5.32 Å². The summed E-state index contributed by atoms with van der Waals surface area (Å²) in [7, 11) is -3.21. The van der Waals surface area contributed by atoms with Crippen molar-refractivity contribution in [1.82, 2.24) is 10.2 Å². The van der Waals surface area contributed by atoms with Crippen molar-refractivity contribution in [3.63, 3.8) is 0 Å². The fraction of sp³-hybridized carbons (Fsp3) is 0.348. The lowest BCUT2D eigenvalue weighted by molar-refractivity contribution is -0.154. The van der Waals surface area contributed by atoms with Crippen molar-refractivity contribution in [2.75, 3.05) is 18.1 Å². The molecule has 3 rings (SSSR count). The first-order chi connectivity index (χ1) is 15.7. The topological polar surface area (TPSA) is 110 Å². The monoisotopic (exact) mass is 492 g/mol. The zero-order chi connectivity index (χ0) is 24.0. The van der Waals surface area contributed by atoms with Crippen molar-refractivity contribution in [1.29, 1.82) is 0 Å². The number of nitrogens with zero attached hydrogens (tertiary/aromatic N) is 1. The maximum atomic E-state index is 12.9. The Balaban J connectivity index is 1.61. The van der Waals surface area contributed by atoms with Gasteiger partial charge in [-0.1, -0.05) is 54.1 Å². The number of ether oxygens (including phenoxy) is 1. The van der Waals surface area contributed by atoms with Crippen LogP contribution in [0, 0.1) is 0 Å². The van der Waals surface area contributed by atoms with Gasteiger partial charge in [-0.3, -0.25) is 9.59 Å². The number of esters is 1. The predicted octanol–water partition coefficient (Wildman–Crippen LogP) is 2.22. The fourth-order valence-electron chi connectivity index (χ4n) is 3.54. The van der Waals surface area contributed by atoms with Crippen LogP contribution in [0.4, 0.5) is 0 Å². The Kier molecular flexibility index (Phi) is 8.10. The van der Waals surface area contributed by atoms with Crippen LogP contribution in [0.3, 0.4) is 0 Å². The molecule has 0 spiro atoms. The number of rotatable bonds is 8. The van der Waals surface area contributed by atoms with E-state index in [4.69, 9.17) is 16.3 Å². The first-order valence-electron chi connectivity index (χ1n) is 10.4. The normalized spacial score (nSPS) is 17.7. The van der Waals surface area contributed by atoms with E-state index < -0.39 is 46.3 Å². The predicted molar refractivity (Wildman–Crippen MR) is 123 cm³/mol. The van der Waals surface area contributed by atoms with E-state index in [2.05, 4.69) is 5.32 Å². The maximum absolute atomic E-state index is 12.9. The van der Waals surface area contributed by atoms with Gasteiger partial charge in [0.2, 0.25) is 0 Å². The van der Waals surface area contributed by atoms with E-state index in [0.29, 0.717) is 6.42 Å². The van der Waals surface area contributed by atoms with Gasteiger partial charge in [-0.25, -0.2) is 13.2 Å². The molecule has 8 nitrogen and oxygen atoms in total. The van der Waals surface area contributed by atoms with Gasteiger partial charge in [-0.2, -0.15) is 0 Å². The summed E-state index contributed by atoms with van der Waals surface area (Å²) in [5.74, 6) is -1.94. The summed E-state index contributed by atoms with van der Waals surface area (Å²) in [4.78, 5) is 39.1. The van der Waals surface area contributed by atoms with Crippen molar-refractivity contribution in [2.24, 2.45) is 0 Å². The Bertz CT molecular complexity index is 1120. The summed E-state index contributed by atoms with van der Waals surface area (Å²) >= 11 is 6.00. The number of hydrogen-bond donors (Lipinski definition) is 1. The van der Waals surface area contributed by atoms with Crippen LogP contribution >= 0.6 is 11.6 Å². The van der Waals surface area contributed by atoms with Gasteiger partial charge >= 0.3 is 5.97 Å². The number of halogens is 1. The number of hydrogen-bond acceptors (Lipinski definition) is 6. The van der Waals surface area contributed by atoms with Gasteiger partial charge < -0.3 is 15.0 Å². The van der Waals surface area contributed by atoms with E-state index in [9.17, 15) is 22.8 Å². The Morgan fingerprint density at radius 1 is 1.12 bits per heavy atom. The van der Waals surface area contributed by atoms with Crippen molar-refractivity contribution in [3.05, 3.63) is 70.7 Å². The molecule has 10 heteroatoms. The molecule has 33 heavy (non-hydrogen) atoms. The molecule has 0 aliphatic carbocycles. The van der Waals surface area contributed by atoms with E-state index in [-0.39, 0.29) is 28.6 Å². The second-order valence-corrected chi connectivity index (χ2v) is 10.5. The molecule has 0 saturated carbocycles. The number of amides is 2. The smallest absolute Gasteiger partial charge is 0.328 e. The van der Waals surface area contributed by atoms with E-state index in [0.717, 1.165) is 5.56 Å². The van der Waals surface area contributed by atoms with Gasteiger partial charge in [0.1, 0.15) is 6.04 Å². The average Bonchev–Trinajstić information content (AvgIpc) is 3.15. The quantitative estimate of drug-likeness (QED) is 0.566. The molecule has 0 radical (unpaired) electrons. The highest BCUT2D eigenvalue weighted by Gasteiger charge is 2.35. The van der Waals surface area contributed by atoms with E-state index in [1.807, 2.05) is 30.3 Å². The number of carbonyl (C=O) groups is 3. The minimum absolute atomic E-state index is 0.0150. The number of nitrogens with one attached hydrogen (secondary N) is 1. The van der Waals surface area contributed by atoms with Crippen LogP contribution in [0.1, 0.15) is 29.3 Å². The van der Waals surface area contributed by atoms with Crippen LogP contribution in [0.25, 0.3) is 0 Å². The van der Waals surface area contributed by atoms with Crippen molar-refractivity contribution < 1.29 is 27.5 Å². The third-order valence-corrected chi connectivity index (χ3v) is 7.40. The molecule has 0 aromatic heterocycles. The Morgan fingerprint density at radius 3 is 2.42 bits per heavy atom. The van der Waals surface area contributed by atoms with Crippen molar-refractivity contribution >= 4 is 39.2 Å². The zero-order valence-corrected chi connectivity index (χ0v) is 19.6. The van der Waals surface area contributed by atoms with Gasteiger partial charge in [0.05, 0.1) is 22.1 Å². The van der Waals surface area contributed by atoms with Crippen LogP contribution in [-0.4, -0.2) is 61.3 Å². The van der Waals surface area contributed by atoms with E-state index >= 15 is 0 Å². The van der Waals surface area contributed by atoms with Gasteiger partial charge in [0.15, 0.2) is 16.4 Å². The number of sulfone groups is 1. The summed E-state index contributed by atoms with van der Waals surface area (Å²) in [6.45, 7) is 1.08. The number of carbonyl (C=O) groups excluding carboxylic acids is 3. The second kappa shape index (κ2) is 10.8. The van der Waals surface area contributed by atoms with E-state index in [1.165, 1.54) is 17.9 Å². The molecule has 2 aromatic rings. The molecule has 1 aliphatic rings. The highest BCUT2D eigenvalue weighted by atomic mass is 35.5. The molecule has 2 atom stereocenters. The zero-order valence-electron chi connectivity index (χ0n) is 18.1. The van der Waals surface area contributed by atoms with Gasteiger partial charge in [-0.05, 0) is 31.0 Å². The molecule has 1 heterocycles. The Labute approximate surface area is 197 Å². The second-order valence-electron chi connectivity index (χ2n) is 7.85. The van der Waals surface area contributed by atoms with Gasteiger partial charge in [-0.15, -0.1) is 0 Å². The Morgan fingerprint density at radius 2 is 1.79 bits per heavy atom. The highest BCUT2D eigenvalue weighted by Crippen LogP contribution is 2.20. The third kappa shape index (κ3) is 6.79. The van der Waals surface area contributed by atoms with E-state index in [1.54, 1.807) is 18.2 Å². The summed E-state index contributed by atoms with van der Waals surface area (Å²) in [6, 6.07) is 14.1. The van der Waals surface area contributed by atoms with Gasteiger partial charge in [0, 0.05) is 12.6 Å². The molecule has 1 aliphatic heterocycles. The molecule has 1 N–H and O–H groups in total. The van der Waals surface area contributed by atoms with Gasteiger partial charge in [0.25, 0.3) is 11.8 Å². The van der Waals surface area contributed by atoms with Crippen LogP contribution in [0.5, 0.6) is 0 Å². The molecular weight excluding hydrogens is 468 g/mol.